The highest BCUT2D eigenvalue weighted by molar-refractivity contribution is 5.82. The normalized spacial score (nSPS) is 14.9. The quantitative estimate of drug-likeness (QED) is 0.0797. The average molecular weight is 771 g/mol. The molecule has 2 unspecified atom stereocenters. The van der Waals surface area contributed by atoms with E-state index in [1.54, 1.807) is 30.3 Å². The fourth-order valence-electron chi connectivity index (χ4n) is 6.45. The Labute approximate surface area is 323 Å². The maximum absolute atomic E-state index is 14.5. The summed E-state index contributed by atoms with van der Waals surface area (Å²) in [6.45, 7) is 11.1. The minimum atomic E-state index is -4.66. The summed E-state index contributed by atoms with van der Waals surface area (Å²) >= 11 is 0. The number of aliphatic carboxylic acids is 1. The fraction of sp³-hybridized carbons (Fsp3) is 0.524. The Balaban J connectivity index is 1.31. The van der Waals surface area contributed by atoms with Crippen LogP contribution in [0.25, 0.3) is 11.1 Å². The Kier molecular flexibility index (Phi) is 16.1. The number of rotatable bonds is 21. The molecule has 3 aromatic rings. The van der Waals surface area contributed by atoms with Gasteiger partial charge in [0.05, 0.1) is 25.4 Å². The van der Waals surface area contributed by atoms with E-state index in [1.807, 2.05) is 38.1 Å². The Morgan fingerprint density at radius 3 is 2.11 bits per heavy atom. The lowest BCUT2D eigenvalue weighted by molar-refractivity contribution is -0.161. The number of nitrogens with zero attached hydrogens (tertiary/aromatic N) is 1. The van der Waals surface area contributed by atoms with Gasteiger partial charge in [0.2, 0.25) is 5.91 Å². The Morgan fingerprint density at radius 2 is 1.51 bits per heavy atom. The van der Waals surface area contributed by atoms with Gasteiger partial charge in [-0.1, -0.05) is 56.7 Å². The number of benzene rings is 3. The van der Waals surface area contributed by atoms with Gasteiger partial charge in [-0.3, -0.25) is 10.1 Å². The van der Waals surface area contributed by atoms with E-state index in [-0.39, 0.29) is 31.0 Å². The Morgan fingerprint density at radius 1 is 0.873 bits per heavy atom. The first-order valence-corrected chi connectivity index (χ1v) is 19.2. The van der Waals surface area contributed by atoms with Crippen LogP contribution in [-0.2, 0) is 9.59 Å². The number of ether oxygens (including phenoxy) is 3. The molecule has 1 amide bonds. The highest BCUT2D eigenvalue weighted by Gasteiger charge is 2.43. The number of halogens is 3. The van der Waals surface area contributed by atoms with Crippen LogP contribution in [0.3, 0.4) is 0 Å². The number of carbonyl (C=O) groups is 2. The number of amides is 1. The molecule has 302 valence electrons. The molecule has 3 aromatic carbocycles. The van der Waals surface area contributed by atoms with Crippen molar-refractivity contribution < 1.29 is 42.1 Å². The molecule has 1 fully saturated rings. The molecule has 0 aliphatic carbocycles. The van der Waals surface area contributed by atoms with E-state index in [0.29, 0.717) is 23.8 Å². The van der Waals surface area contributed by atoms with E-state index in [1.165, 1.54) is 65.4 Å². The number of hydrogen-bond acceptors (Lipinski definition) is 8. The Hall–Kier alpha value is -4.49. The Bertz CT molecular complexity index is 1640. The van der Waals surface area contributed by atoms with Crippen molar-refractivity contribution in [3.8, 4) is 28.4 Å². The summed E-state index contributed by atoms with van der Waals surface area (Å²) in [5.74, 6) is -0.285. The first-order chi connectivity index (χ1) is 26.2. The zero-order valence-corrected chi connectivity index (χ0v) is 32.6. The summed E-state index contributed by atoms with van der Waals surface area (Å²) in [6.07, 6.45) is 1.52. The van der Waals surface area contributed by atoms with Gasteiger partial charge in [-0.05, 0) is 112 Å². The van der Waals surface area contributed by atoms with Gasteiger partial charge < -0.3 is 34.9 Å². The van der Waals surface area contributed by atoms with Crippen molar-refractivity contribution in [3.05, 3.63) is 72.3 Å². The molecule has 0 aromatic heterocycles. The van der Waals surface area contributed by atoms with Crippen LogP contribution in [0.15, 0.2) is 66.7 Å². The van der Waals surface area contributed by atoms with Crippen LogP contribution in [0.1, 0.15) is 77.8 Å². The lowest BCUT2D eigenvalue weighted by Gasteiger charge is -2.28. The molecule has 1 heterocycles. The molecular formula is C42H57F3N4O6. The van der Waals surface area contributed by atoms with Gasteiger partial charge in [0.15, 0.2) is 5.60 Å². The number of likely N-dealkylation sites (tertiary alicyclic amines) is 1. The number of hydrogen-bond donors (Lipinski definition) is 4. The smallest absolute Gasteiger partial charge is 0.407 e. The van der Waals surface area contributed by atoms with Crippen molar-refractivity contribution in [2.45, 2.75) is 90.1 Å². The second-order valence-electron chi connectivity index (χ2n) is 14.9. The molecule has 2 atom stereocenters. The number of piperidine rings is 1. The van der Waals surface area contributed by atoms with Gasteiger partial charge in [0.1, 0.15) is 23.3 Å². The number of anilines is 1. The van der Waals surface area contributed by atoms with E-state index in [2.05, 4.69) is 20.9 Å². The predicted molar refractivity (Wildman–Crippen MR) is 209 cm³/mol. The van der Waals surface area contributed by atoms with Crippen molar-refractivity contribution in [2.24, 2.45) is 5.92 Å². The number of alkyl halides is 3. The van der Waals surface area contributed by atoms with Gasteiger partial charge in [0, 0.05) is 19.2 Å². The van der Waals surface area contributed by atoms with E-state index < -0.39 is 35.7 Å². The van der Waals surface area contributed by atoms with E-state index >= 15 is 0 Å². The van der Waals surface area contributed by atoms with Crippen molar-refractivity contribution in [1.82, 2.24) is 15.5 Å². The first-order valence-electron chi connectivity index (χ1n) is 19.2. The van der Waals surface area contributed by atoms with Gasteiger partial charge in [-0.2, -0.15) is 13.2 Å². The molecule has 0 bridgehead atoms. The first kappa shape index (κ1) is 43.2. The third-order valence-electron chi connectivity index (χ3n) is 9.54. The molecule has 10 nitrogen and oxygen atoms in total. The summed E-state index contributed by atoms with van der Waals surface area (Å²) in [5, 5.41) is 17.8. The van der Waals surface area contributed by atoms with Crippen LogP contribution in [0, 0.1) is 5.92 Å². The second kappa shape index (κ2) is 20.4. The van der Waals surface area contributed by atoms with Crippen LogP contribution in [0.2, 0.25) is 0 Å². The number of nitrogens with one attached hydrogen (secondary N) is 3. The third kappa shape index (κ3) is 13.6. The second-order valence-corrected chi connectivity index (χ2v) is 14.9. The molecule has 0 spiro atoms. The van der Waals surface area contributed by atoms with Crippen LogP contribution in [-0.4, -0.2) is 86.1 Å². The van der Waals surface area contributed by atoms with Gasteiger partial charge in [-0.25, -0.2) is 4.79 Å². The minimum Gasteiger partial charge on any atom is -0.494 e. The van der Waals surface area contributed by atoms with Crippen LogP contribution in [0.4, 0.5) is 18.9 Å². The van der Waals surface area contributed by atoms with Crippen LogP contribution >= 0.6 is 0 Å². The van der Waals surface area contributed by atoms with Crippen molar-refractivity contribution >= 4 is 17.6 Å². The highest BCUT2D eigenvalue weighted by Crippen LogP contribution is 2.35. The van der Waals surface area contributed by atoms with E-state index in [4.69, 9.17) is 14.2 Å². The number of unbranched alkanes of at least 4 members (excludes halogenated alkanes) is 1. The van der Waals surface area contributed by atoms with E-state index in [0.717, 1.165) is 36.3 Å². The van der Waals surface area contributed by atoms with Crippen molar-refractivity contribution in [1.29, 1.82) is 0 Å². The van der Waals surface area contributed by atoms with Gasteiger partial charge >= 0.3 is 12.1 Å². The SMILES string of the molecule is COc1cc(OC(C)(C)C(=O)O)ccc1NCCNC(=O)C(CC(C)C)NC(c1ccc(-c2ccc(OCCCCN3CCCCC3)cc2)cc1)C(F)(F)F. The predicted octanol–water partition coefficient (Wildman–Crippen LogP) is 8.09. The summed E-state index contributed by atoms with van der Waals surface area (Å²) < 4.78 is 60.5. The van der Waals surface area contributed by atoms with E-state index in [9.17, 15) is 27.9 Å². The molecule has 0 saturated carbocycles. The van der Waals surface area contributed by atoms with Crippen molar-refractivity contribution in [2.75, 3.05) is 51.8 Å². The largest absolute Gasteiger partial charge is 0.494 e. The highest BCUT2D eigenvalue weighted by atomic mass is 19.4. The lowest BCUT2D eigenvalue weighted by atomic mass is 9.97. The van der Waals surface area contributed by atoms with Crippen molar-refractivity contribution in [3.63, 3.8) is 0 Å². The zero-order valence-electron chi connectivity index (χ0n) is 32.6. The molecular weight excluding hydrogens is 713 g/mol. The molecule has 1 aliphatic rings. The number of carbonyl (C=O) groups excluding carboxylic acids is 1. The molecule has 55 heavy (non-hydrogen) atoms. The molecule has 1 saturated heterocycles. The summed E-state index contributed by atoms with van der Waals surface area (Å²) in [7, 11) is 1.45. The monoisotopic (exact) mass is 770 g/mol. The summed E-state index contributed by atoms with van der Waals surface area (Å²) in [5.41, 5.74) is 0.747. The summed E-state index contributed by atoms with van der Waals surface area (Å²) in [4.78, 5) is 27.2. The summed E-state index contributed by atoms with van der Waals surface area (Å²) in [6, 6.07) is 15.4. The fourth-order valence-corrected chi connectivity index (χ4v) is 6.45. The topological polar surface area (TPSA) is 121 Å². The third-order valence-corrected chi connectivity index (χ3v) is 9.54. The van der Waals surface area contributed by atoms with Crippen LogP contribution < -0.4 is 30.2 Å². The molecule has 0 radical (unpaired) electrons. The van der Waals surface area contributed by atoms with Gasteiger partial charge in [-0.15, -0.1) is 0 Å². The number of methoxy groups -OCH3 is 1. The van der Waals surface area contributed by atoms with Gasteiger partial charge in [0.25, 0.3) is 0 Å². The molecule has 1 aliphatic heterocycles. The van der Waals surface area contributed by atoms with Crippen LogP contribution in [0.5, 0.6) is 17.2 Å². The standard InChI is InChI=1S/C42H57F3N4O6/c1-29(2)27-36(39(50)47-22-21-46-35-20-19-34(28-37(35)53-5)55-41(3,4)40(51)52)48-38(42(43,44)45)32-13-11-30(12-14-32)31-15-17-33(18-16-31)54-26-10-9-25-49-23-7-6-8-24-49/h11-20,28-29,36,38,46,48H,6-10,21-27H2,1-5H3,(H,47,50)(H,51,52). The molecule has 4 N–H and O–H groups in total. The maximum Gasteiger partial charge on any atom is 0.407 e. The zero-order chi connectivity index (χ0) is 40.0. The average Bonchev–Trinajstić information content (AvgIpc) is 3.15. The number of carboxylic acids is 1. The molecule has 13 heteroatoms. The molecule has 4 rings (SSSR count). The maximum atomic E-state index is 14.5. The number of carboxylic acid groups (broad SMARTS) is 1. The minimum absolute atomic E-state index is 0.00948. The lowest BCUT2D eigenvalue weighted by Crippen LogP contribution is -2.50.